The Morgan fingerprint density at radius 3 is 2.81 bits per heavy atom. The Bertz CT molecular complexity index is 373. The zero-order valence-corrected chi connectivity index (χ0v) is 9.57. The van der Waals surface area contributed by atoms with Crippen molar-refractivity contribution >= 4 is 18.5 Å². The van der Waals surface area contributed by atoms with Gasteiger partial charge in [-0.25, -0.2) is 8.78 Å². The minimum atomic E-state index is -0.795. The molecule has 0 radical (unpaired) electrons. The van der Waals surface area contributed by atoms with E-state index in [1.807, 2.05) is 6.08 Å². The van der Waals surface area contributed by atoms with Crippen molar-refractivity contribution in [1.82, 2.24) is 5.32 Å². The molecular formula is C12H14ClF2N. The highest BCUT2D eigenvalue weighted by Crippen LogP contribution is 2.14. The molecule has 1 atom stereocenters. The van der Waals surface area contributed by atoms with Gasteiger partial charge in [0.25, 0.3) is 0 Å². The summed E-state index contributed by atoms with van der Waals surface area (Å²) in [6.07, 6.45) is 5.74. The van der Waals surface area contributed by atoms with Crippen molar-refractivity contribution in [2.45, 2.75) is 18.9 Å². The van der Waals surface area contributed by atoms with E-state index in [4.69, 9.17) is 0 Å². The molecule has 0 aromatic heterocycles. The molecule has 1 fully saturated rings. The molecule has 0 saturated carbocycles. The van der Waals surface area contributed by atoms with Crippen molar-refractivity contribution < 1.29 is 8.78 Å². The number of halogens is 3. The highest BCUT2D eigenvalue weighted by molar-refractivity contribution is 5.85. The van der Waals surface area contributed by atoms with Gasteiger partial charge in [-0.1, -0.05) is 24.3 Å². The number of hydrogen-bond donors (Lipinski definition) is 1. The second-order valence-corrected chi connectivity index (χ2v) is 3.71. The lowest BCUT2D eigenvalue weighted by atomic mass is 10.1. The van der Waals surface area contributed by atoms with E-state index in [0.717, 1.165) is 25.5 Å². The smallest absolute Gasteiger partial charge is 0.166 e. The molecular weight excluding hydrogens is 232 g/mol. The van der Waals surface area contributed by atoms with Crippen LogP contribution in [0.15, 0.2) is 24.3 Å². The average Bonchev–Trinajstić information content (AvgIpc) is 2.73. The lowest BCUT2D eigenvalue weighted by molar-refractivity contribution is 0.507. The summed E-state index contributed by atoms with van der Waals surface area (Å²) in [6, 6.07) is 4.51. The molecule has 1 aliphatic heterocycles. The molecule has 1 aromatic rings. The Morgan fingerprint density at radius 2 is 2.12 bits per heavy atom. The minimum absolute atomic E-state index is 0. The topological polar surface area (TPSA) is 12.0 Å². The van der Waals surface area contributed by atoms with Gasteiger partial charge in [-0.05, 0) is 25.5 Å². The Balaban J connectivity index is 0.00000128. The van der Waals surface area contributed by atoms with E-state index in [-0.39, 0.29) is 12.4 Å². The fraction of sp³-hybridized carbons (Fsp3) is 0.333. The molecule has 0 spiro atoms. The second kappa shape index (κ2) is 5.97. The quantitative estimate of drug-likeness (QED) is 0.844. The van der Waals surface area contributed by atoms with Crippen LogP contribution in [-0.4, -0.2) is 12.6 Å². The predicted molar refractivity (Wildman–Crippen MR) is 63.7 cm³/mol. The summed E-state index contributed by atoms with van der Waals surface area (Å²) < 4.78 is 26.1. The molecule has 2 rings (SSSR count). The van der Waals surface area contributed by atoms with Crippen molar-refractivity contribution in [3.8, 4) is 0 Å². The molecule has 0 bridgehead atoms. The van der Waals surface area contributed by atoms with E-state index in [9.17, 15) is 8.78 Å². The maximum Gasteiger partial charge on any atom is 0.166 e. The van der Waals surface area contributed by atoms with Crippen LogP contribution in [0.4, 0.5) is 8.78 Å². The largest absolute Gasteiger partial charge is 0.311 e. The first-order valence-corrected chi connectivity index (χ1v) is 5.13. The monoisotopic (exact) mass is 245 g/mol. The Labute approximate surface area is 100.0 Å². The van der Waals surface area contributed by atoms with Crippen LogP contribution < -0.4 is 5.32 Å². The second-order valence-electron chi connectivity index (χ2n) is 3.71. The van der Waals surface area contributed by atoms with Crippen LogP contribution >= 0.6 is 12.4 Å². The molecule has 4 heteroatoms. The zero-order chi connectivity index (χ0) is 10.7. The third-order valence-corrected chi connectivity index (χ3v) is 2.59. The van der Waals surface area contributed by atoms with E-state index in [1.165, 1.54) is 6.07 Å². The summed E-state index contributed by atoms with van der Waals surface area (Å²) in [5.74, 6) is -1.57. The average molecular weight is 246 g/mol. The van der Waals surface area contributed by atoms with Crippen molar-refractivity contribution in [2.24, 2.45) is 0 Å². The van der Waals surface area contributed by atoms with Gasteiger partial charge in [0.1, 0.15) is 0 Å². The van der Waals surface area contributed by atoms with E-state index in [2.05, 4.69) is 5.32 Å². The normalized spacial score (nSPS) is 20.0. The van der Waals surface area contributed by atoms with E-state index < -0.39 is 11.6 Å². The van der Waals surface area contributed by atoms with Crippen LogP contribution in [0.5, 0.6) is 0 Å². The van der Waals surface area contributed by atoms with Crippen LogP contribution in [0, 0.1) is 11.6 Å². The fourth-order valence-corrected chi connectivity index (χ4v) is 1.74. The first kappa shape index (κ1) is 13.1. The van der Waals surface area contributed by atoms with Gasteiger partial charge >= 0.3 is 0 Å². The van der Waals surface area contributed by atoms with Crippen molar-refractivity contribution in [2.75, 3.05) is 6.54 Å². The van der Waals surface area contributed by atoms with Gasteiger partial charge in [-0.2, -0.15) is 0 Å². The highest BCUT2D eigenvalue weighted by Gasteiger charge is 2.10. The van der Waals surface area contributed by atoms with Gasteiger partial charge in [0.05, 0.1) is 0 Å². The van der Waals surface area contributed by atoms with Gasteiger partial charge < -0.3 is 5.32 Å². The molecule has 1 heterocycles. The Hall–Kier alpha value is -0.930. The summed E-state index contributed by atoms with van der Waals surface area (Å²) in [5, 5.41) is 3.26. The van der Waals surface area contributed by atoms with Crippen LogP contribution in [0.1, 0.15) is 18.4 Å². The third kappa shape index (κ3) is 3.03. The summed E-state index contributed by atoms with van der Waals surface area (Å²) in [5.41, 5.74) is 0.309. The molecule has 1 saturated heterocycles. The standard InChI is InChI=1S/C12H13F2N.ClH/c13-11-5-1-3-9(12(11)14)6-7-10-4-2-8-15-10;/h1,3,5-7,10,15H,2,4,8H2;1H/b7-6+;/t10-;/m1./s1. The Morgan fingerprint density at radius 1 is 1.31 bits per heavy atom. The minimum Gasteiger partial charge on any atom is -0.311 e. The molecule has 1 aliphatic rings. The molecule has 88 valence electrons. The summed E-state index contributed by atoms with van der Waals surface area (Å²) >= 11 is 0. The lowest BCUT2D eigenvalue weighted by Gasteiger charge is -2.03. The first-order valence-electron chi connectivity index (χ1n) is 5.13. The van der Waals surface area contributed by atoms with Crippen LogP contribution in [0.2, 0.25) is 0 Å². The number of rotatable bonds is 2. The third-order valence-electron chi connectivity index (χ3n) is 2.59. The highest BCUT2D eigenvalue weighted by atomic mass is 35.5. The SMILES string of the molecule is Cl.Fc1cccc(/C=C/[C@H]2CCCN2)c1F. The molecule has 0 aliphatic carbocycles. The number of hydrogen-bond acceptors (Lipinski definition) is 1. The molecule has 0 unspecified atom stereocenters. The molecule has 16 heavy (non-hydrogen) atoms. The maximum absolute atomic E-state index is 13.2. The summed E-state index contributed by atoms with van der Waals surface area (Å²) in [6.45, 7) is 1.00. The molecule has 0 amide bonds. The van der Waals surface area contributed by atoms with Gasteiger partial charge in [0, 0.05) is 11.6 Å². The Kier molecular flexibility index (Phi) is 4.90. The van der Waals surface area contributed by atoms with E-state index >= 15 is 0 Å². The lowest BCUT2D eigenvalue weighted by Crippen LogP contribution is -2.18. The van der Waals surface area contributed by atoms with Gasteiger partial charge in [0.2, 0.25) is 0 Å². The summed E-state index contributed by atoms with van der Waals surface area (Å²) in [4.78, 5) is 0. The molecule has 1 N–H and O–H groups in total. The van der Waals surface area contributed by atoms with E-state index in [1.54, 1.807) is 12.1 Å². The molecule has 1 nitrogen and oxygen atoms in total. The fourth-order valence-electron chi connectivity index (χ4n) is 1.74. The first-order chi connectivity index (χ1) is 7.27. The van der Waals surface area contributed by atoms with Crippen molar-refractivity contribution in [3.63, 3.8) is 0 Å². The van der Waals surface area contributed by atoms with Crippen LogP contribution in [0.25, 0.3) is 6.08 Å². The van der Waals surface area contributed by atoms with E-state index in [0.29, 0.717) is 11.6 Å². The van der Waals surface area contributed by atoms with Gasteiger partial charge in [-0.15, -0.1) is 12.4 Å². The number of nitrogens with one attached hydrogen (secondary N) is 1. The summed E-state index contributed by atoms with van der Waals surface area (Å²) in [7, 11) is 0. The van der Waals surface area contributed by atoms with Crippen molar-refractivity contribution in [3.05, 3.63) is 41.5 Å². The maximum atomic E-state index is 13.2. The predicted octanol–water partition coefficient (Wildman–Crippen LogP) is 3.15. The zero-order valence-electron chi connectivity index (χ0n) is 8.75. The van der Waals surface area contributed by atoms with Gasteiger partial charge in [-0.3, -0.25) is 0 Å². The molecule has 1 aromatic carbocycles. The van der Waals surface area contributed by atoms with Crippen molar-refractivity contribution in [1.29, 1.82) is 0 Å². The van der Waals surface area contributed by atoms with Crippen LogP contribution in [0.3, 0.4) is 0 Å². The van der Waals surface area contributed by atoms with Crippen LogP contribution in [-0.2, 0) is 0 Å². The van der Waals surface area contributed by atoms with Gasteiger partial charge in [0.15, 0.2) is 11.6 Å². The number of benzene rings is 1.